The topological polar surface area (TPSA) is 54.5 Å². The number of hydrogen-bond acceptors (Lipinski definition) is 6. The van der Waals surface area contributed by atoms with Crippen molar-refractivity contribution in [3.05, 3.63) is 27.3 Å². The summed E-state index contributed by atoms with van der Waals surface area (Å²) < 4.78 is 23.6. The highest BCUT2D eigenvalue weighted by molar-refractivity contribution is 8.26. The average Bonchev–Trinajstić information content (AvgIpc) is 3.03. The van der Waals surface area contributed by atoms with Gasteiger partial charge in [0.15, 0.2) is 9.84 Å². The third kappa shape index (κ3) is 2.69. The molecule has 0 saturated carbocycles. The van der Waals surface area contributed by atoms with Gasteiger partial charge in [-0.25, -0.2) is 8.42 Å². The Morgan fingerprint density at radius 2 is 2.25 bits per heavy atom. The number of nitrogens with zero attached hydrogens (tertiary/aromatic N) is 1. The molecule has 0 radical (unpaired) electrons. The Kier molecular flexibility index (Phi) is 3.74. The molecule has 2 saturated heterocycles. The first-order chi connectivity index (χ1) is 9.46. The number of carbonyl (C=O) groups excluding carboxylic acids is 1. The number of rotatable bonds is 2. The van der Waals surface area contributed by atoms with E-state index in [9.17, 15) is 13.2 Å². The van der Waals surface area contributed by atoms with Gasteiger partial charge in [0.2, 0.25) is 0 Å². The first-order valence-electron chi connectivity index (χ1n) is 5.97. The zero-order valence-corrected chi connectivity index (χ0v) is 13.6. The fourth-order valence-electron chi connectivity index (χ4n) is 2.28. The first kappa shape index (κ1) is 14.2. The molecule has 2 aliphatic heterocycles. The second kappa shape index (κ2) is 5.25. The zero-order valence-electron chi connectivity index (χ0n) is 10.3. The monoisotopic (exact) mass is 345 g/mol. The number of thiophene rings is 1. The molecule has 0 aliphatic carbocycles. The summed E-state index contributed by atoms with van der Waals surface area (Å²) in [4.78, 5) is 15.4. The molecule has 2 aliphatic rings. The molecular formula is C12H11NO3S4. The van der Waals surface area contributed by atoms with Gasteiger partial charge >= 0.3 is 0 Å². The van der Waals surface area contributed by atoms with Crippen LogP contribution >= 0.6 is 35.3 Å². The fraction of sp³-hybridized carbons (Fsp3) is 0.333. The molecular weight excluding hydrogens is 334 g/mol. The summed E-state index contributed by atoms with van der Waals surface area (Å²) in [7, 11) is -3.03. The van der Waals surface area contributed by atoms with E-state index in [1.54, 1.807) is 11.3 Å². The smallest absolute Gasteiger partial charge is 0.266 e. The maximum Gasteiger partial charge on any atom is 0.266 e. The second-order valence-electron chi connectivity index (χ2n) is 4.62. The predicted octanol–water partition coefficient (Wildman–Crippen LogP) is 2.14. The summed E-state index contributed by atoms with van der Waals surface area (Å²) >= 11 is 8.03. The van der Waals surface area contributed by atoms with E-state index in [1.807, 2.05) is 23.6 Å². The molecule has 0 aromatic carbocycles. The summed E-state index contributed by atoms with van der Waals surface area (Å²) in [5.41, 5.74) is 0. The molecule has 4 nitrogen and oxygen atoms in total. The van der Waals surface area contributed by atoms with Crippen LogP contribution in [0.1, 0.15) is 11.3 Å². The van der Waals surface area contributed by atoms with Crippen LogP contribution in [0.4, 0.5) is 0 Å². The molecule has 1 aromatic heterocycles. The lowest BCUT2D eigenvalue weighted by molar-refractivity contribution is -0.123. The number of hydrogen-bond donors (Lipinski definition) is 0. The Hall–Kier alpha value is -0.700. The van der Waals surface area contributed by atoms with E-state index in [1.165, 1.54) is 16.7 Å². The number of thioether (sulfide) groups is 1. The van der Waals surface area contributed by atoms with Crippen molar-refractivity contribution in [1.82, 2.24) is 4.90 Å². The largest absolute Gasteiger partial charge is 0.289 e. The van der Waals surface area contributed by atoms with Crippen LogP contribution in [0, 0.1) is 0 Å². The molecule has 1 aromatic rings. The standard InChI is InChI=1S/C12H11NO3S4/c14-11-10(6-9-2-1-4-18-9)19-12(17)13(11)8-3-5-20(15,16)7-8/h1-2,4,6,8H,3,5,7H2/b10-6-/t8-/m1/s1. The van der Waals surface area contributed by atoms with Gasteiger partial charge in [-0.2, -0.15) is 0 Å². The lowest BCUT2D eigenvalue weighted by Crippen LogP contribution is -2.39. The van der Waals surface area contributed by atoms with Crippen LogP contribution in [-0.2, 0) is 14.6 Å². The van der Waals surface area contributed by atoms with Crippen molar-refractivity contribution in [2.45, 2.75) is 12.5 Å². The minimum atomic E-state index is -3.03. The molecule has 0 spiro atoms. The van der Waals surface area contributed by atoms with E-state index < -0.39 is 9.84 Å². The van der Waals surface area contributed by atoms with Gasteiger partial charge in [-0.3, -0.25) is 9.69 Å². The Bertz CT molecular complexity index is 690. The summed E-state index contributed by atoms with van der Waals surface area (Å²) in [5.74, 6) is -0.0137. The SMILES string of the molecule is O=C1/C(=C/c2cccs2)SC(=S)N1[C@@H]1CCS(=O)(=O)C1. The molecule has 0 bridgehead atoms. The highest BCUT2D eigenvalue weighted by Gasteiger charge is 2.42. The lowest BCUT2D eigenvalue weighted by atomic mass is 10.2. The maximum absolute atomic E-state index is 12.4. The summed E-state index contributed by atoms with van der Waals surface area (Å²) in [6, 6.07) is 3.54. The Morgan fingerprint density at radius 1 is 1.45 bits per heavy atom. The lowest BCUT2D eigenvalue weighted by Gasteiger charge is -2.20. The summed E-state index contributed by atoms with van der Waals surface area (Å²) in [6.45, 7) is 0. The Balaban J connectivity index is 1.85. The first-order valence-corrected chi connectivity index (χ1v) is 9.90. The van der Waals surface area contributed by atoms with E-state index in [-0.39, 0.29) is 23.5 Å². The molecule has 1 amide bonds. The highest BCUT2D eigenvalue weighted by atomic mass is 32.2. The van der Waals surface area contributed by atoms with E-state index >= 15 is 0 Å². The third-order valence-corrected chi connectivity index (χ3v) is 7.11. The van der Waals surface area contributed by atoms with Crippen LogP contribution in [0.3, 0.4) is 0 Å². The molecule has 2 fully saturated rings. The summed E-state index contributed by atoms with van der Waals surface area (Å²) in [5, 5.41) is 1.94. The normalized spacial score (nSPS) is 27.7. The van der Waals surface area contributed by atoms with Gasteiger partial charge in [-0.15, -0.1) is 11.3 Å². The minimum Gasteiger partial charge on any atom is -0.289 e. The predicted molar refractivity (Wildman–Crippen MR) is 86.4 cm³/mol. The van der Waals surface area contributed by atoms with Crippen LogP contribution in [-0.4, -0.2) is 41.1 Å². The van der Waals surface area contributed by atoms with E-state index in [2.05, 4.69) is 0 Å². The minimum absolute atomic E-state index is 0.0196. The van der Waals surface area contributed by atoms with Gasteiger partial charge in [0.25, 0.3) is 5.91 Å². The quantitative estimate of drug-likeness (QED) is 0.607. The number of amides is 1. The fourth-order valence-corrected chi connectivity index (χ4v) is 6.10. The molecule has 1 atom stereocenters. The number of sulfone groups is 1. The van der Waals surface area contributed by atoms with Crippen molar-refractivity contribution in [1.29, 1.82) is 0 Å². The van der Waals surface area contributed by atoms with Crippen molar-refractivity contribution in [3.8, 4) is 0 Å². The van der Waals surface area contributed by atoms with E-state index in [4.69, 9.17) is 12.2 Å². The van der Waals surface area contributed by atoms with Gasteiger partial charge in [0.05, 0.1) is 22.5 Å². The maximum atomic E-state index is 12.4. The Morgan fingerprint density at radius 3 is 2.85 bits per heavy atom. The van der Waals surface area contributed by atoms with Crippen molar-refractivity contribution in [3.63, 3.8) is 0 Å². The van der Waals surface area contributed by atoms with Crippen molar-refractivity contribution < 1.29 is 13.2 Å². The average molecular weight is 345 g/mol. The van der Waals surface area contributed by atoms with Crippen LogP contribution in [0.5, 0.6) is 0 Å². The summed E-state index contributed by atoms with van der Waals surface area (Å²) in [6.07, 6.45) is 2.29. The molecule has 20 heavy (non-hydrogen) atoms. The van der Waals surface area contributed by atoms with Gasteiger partial charge < -0.3 is 0 Å². The third-order valence-electron chi connectivity index (χ3n) is 3.21. The van der Waals surface area contributed by atoms with Crippen LogP contribution in [0.2, 0.25) is 0 Å². The molecule has 8 heteroatoms. The van der Waals surface area contributed by atoms with Gasteiger partial charge in [0.1, 0.15) is 4.32 Å². The van der Waals surface area contributed by atoms with Gasteiger partial charge in [-0.1, -0.05) is 30.0 Å². The van der Waals surface area contributed by atoms with Crippen LogP contribution in [0.15, 0.2) is 22.4 Å². The zero-order chi connectivity index (χ0) is 14.3. The molecule has 0 unspecified atom stereocenters. The molecule has 106 valence electrons. The number of thiocarbonyl (C=S) groups is 1. The van der Waals surface area contributed by atoms with Crippen molar-refractivity contribution in [2.75, 3.05) is 11.5 Å². The van der Waals surface area contributed by atoms with Gasteiger partial charge in [0, 0.05) is 4.88 Å². The van der Waals surface area contributed by atoms with Crippen LogP contribution in [0.25, 0.3) is 6.08 Å². The van der Waals surface area contributed by atoms with Gasteiger partial charge in [-0.05, 0) is 23.9 Å². The van der Waals surface area contributed by atoms with Crippen molar-refractivity contribution >= 4 is 61.5 Å². The molecule has 3 heterocycles. The van der Waals surface area contributed by atoms with E-state index in [0.29, 0.717) is 15.6 Å². The Labute approximate surface area is 130 Å². The molecule has 3 rings (SSSR count). The highest BCUT2D eigenvalue weighted by Crippen LogP contribution is 2.36. The van der Waals surface area contributed by atoms with Crippen molar-refractivity contribution in [2.24, 2.45) is 0 Å². The molecule has 0 N–H and O–H groups in total. The van der Waals surface area contributed by atoms with E-state index in [0.717, 1.165) is 4.88 Å². The second-order valence-corrected chi connectivity index (χ2v) is 9.51. The van der Waals surface area contributed by atoms with Crippen LogP contribution < -0.4 is 0 Å². The number of carbonyl (C=O) groups is 1.